The van der Waals surface area contributed by atoms with Gasteiger partial charge in [0.05, 0.1) is 19.0 Å². The summed E-state index contributed by atoms with van der Waals surface area (Å²) in [6.07, 6.45) is 1.58. The van der Waals surface area contributed by atoms with Crippen LogP contribution in [0.2, 0.25) is 0 Å². The Balaban J connectivity index is 1.85. The lowest BCUT2D eigenvalue weighted by molar-refractivity contribution is -0.131. The van der Waals surface area contributed by atoms with E-state index in [1.807, 2.05) is 35.7 Å². The van der Waals surface area contributed by atoms with E-state index in [-0.39, 0.29) is 5.91 Å². The largest absolute Gasteiger partial charge is 0.497 e. The Kier molecular flexibility index (Phi) is 6.36. The van der Waals surface area contributed by atoms with Crippen LogP contribution in [0.5, 0.6) is 11.5 Å². The Hall–Kier alpha value is -3.52. The van der Waals surface area contributed by atoms with Crippen molar-refractivity contribution < 1.29 is 19.1 Å². The molecule has 0 saturated carbocycles. The molecule has 2 aromatic carbocycles. The van der Waals surface area contributed by atoms with Crippen molar-refractivity contribution in [1.29, 1.82) is 0 Å². The van der Waals surface area contributed by atoms with E-state index in [0.29, 0.717) is 22.3 Å². The maximum absolute atomic E-state index is 12.1. The Bertz CT molecular complexity index is 1060. The van der Waals surface area contributed by atoms with Crippen LogP contribution in [0.3, 0.4) is 0 Å². The molecule has 1 heterocycles. The van der Waals surface area contributed by atoms with Crippen LogP contribution in [0, 0.1) is 0 Å². The van der Waals surface area contributed by atoms with Gasteiger partial charge in [-0.05, 0) is 29.8 Å². The number of hydrazone groups is 1. The number of esters is 1. The first-order chi connectivity index (χ1) is 14.0. The van der Waals surface area contributed by atoms with Crippen molar-refractivity contribution in [2.75, 3.05) is 12.1 Å². The van der Waals surface area contributed by atoms with Gasteiger partial charge in [0.1, 0.15) is 11.5 Å². The highest BCUT2D eigenvalue weighted by molar-refractivity contribution is 7.14. The van der Waals surface area contributed by atoms with Gasteiger partial charge in [-0.3, -0.25) is 9.59 Å². The van der Waals surface area contributed by atoms with Gasteiger partial charge in [-0.1, -0.05) is 24.3 Å². The molecule has 148 valence electrons. The molecule has 0 unspecified atom stereocenters. The quantitative estimate of drug-likeness (QED) is 0.265. The predicted octanol–water partition coefficient (Wildman–Crippen LogP) is 4.13. The average Bonchev–Trinajstić information content (AvgIpc) is 3.17. The van der Waals surface area contributed by atoms with Gasteiger partial charge in [-0.2, -0.15) is 10.1 Å². The summed E-state index contributed by atoms with van der Waals surface area (Å²) in [7, 11) is 1.59. The van der Waals surface area contributed by atoms with Gasteiger partial charge in [-0.25, -0.2) is 4.98 Å². The van der Waals surface area contributed by atoms with Gasteiger partial charge in [0, 0.05) is 24.8 Å². The second kappa shape index (κ2) is 9.11. The van der Waals surface area contributed by atoms with E-state index in [9.17, 15) is 9.59 Å². The maximum Gasteiger partial charge on any atom is 0.308 e. The van der Waals surface area contributed by atoms with Crippen molar-refractivity contribution >= 4 is 34.6 Å². The van der Waals surface area contributed by atoms with Crippen molar-refractivity contribution in [1.82, 2.24) is 4.98 Å². The summed E-state index contributed by atoms with van der Waals surface area (Å²) in [5.74, 6) is 0.478. The fraction of sp³-hybridized carbons (Fsp3) is 0.143. The molecule has 1 amide bonds. The molecular formula is C21H19N3O4S. The SMILES string of the molecule is COc1cccc(/C=N\N(C(C)=O)c2nc(-c3cccc(OC(C)=O)c3)cs2)c1. The summed E-state index contributed by atoms with van der Waals surface area (Å²) in [5, 5.41) is 7.78. The smallest absolute Gasteiger partial charge is 0.308 e. The Labute approximate surface area is 172 Å². The first-order valence-electron chi connectivity index (χ1n) is 8.69. The number of ether oxygens (including phenoxy) is 2. The fourth-order valence-corrected chi connectivity index (χ4v) is 3.32. The van der Waals surface area contributed by atoms with Gasteiger partial charge < -0.3 is 9.47 Å². The molecule has 0 radical (unpaired) electrons. The molecule has 0 atom stereocenters. The van der Waals surface area contributed by atoms with Crippen molar-refractivity contribution in [2.24, 2.45) is 5.10 Å². The topological polar surface area (TPSA) is 81.1 Å². The highest BCUT2D eigenvalue weighted by Crippen LogP contribution is 2.29. The van der Waals surface area contributed by atoms with Crippen LogP contribution in [-0.2, 0) is 9.59 Å². The Morgan fingerprint density at radius 1 is 1.10 bits per heavy atom. The minimum Gasteiger partial charge on any atom is -0.497 e. The summed E-state index contributed by atoms with van der Waals surface area (Å²) in [6.45, 7) is 2.77. The molecule has 3 rings (SSSR count). The van der Waals surface area contributed by atoms with Gasteiger partial charge in [0.15, 0.2) is 0 Å². The molecule has 8 heteroatoms. The van der Waals surface area contributed by atoms with Gasteiger partial charge in [0.2, 0.25) is 11.0 Å². The lowest BCUT2D eigenvalue weighted by atomic mass is 10.2. The molecule has 0 N–H and O–H groups in total. The van der Waals surface area contributed by atoms with Crippen LogP contribution in [-0.4, -0.2) is 30.2 Å². The fourth-order valence-electron chi connectivity index (χ4n) is 2.49. The van der Waals surface area contributed by atoms with E-state index < -0.39 is 5.97 Å². The number of benzene rings is 2. The monoisotopic (exact) mass is 409 g/mol. The van der Waals surface area contributed by atoms with Gasteiger partial charge >= 0.3 is 5.97 Å². The third kappa shape index (κ3) is 5.26. The van der Waals surface area contributed by atoms with E-state index in [1.54, 1.807) is 31.5 Å². The highest BCUT2D eigenvalue weighted by Gasteiger charge is 2.15. The summed E-state index contributed by atoms with van der Waals surface area (Å²) in [6, 6.07) is 14.4. The van der Waals surface area contributed by atoms with Crippen LogP contribution in [0.4, 0.5) is 5.13 Å². The number of carbonyl (C=O) groups excluding carboxylic acids is 2. The van der Waals surface area contributed by atoms with Crippen LogP contribution >= 0.6 is 11.3 Å². The Morgan fingerprint density at radius 2 is 1.86 bits per heavy atom. The second-order valence-electron chi connectivity index (χ2n) is 5.99. The molecule has 0 spiro atoms. The zero-order chi connectivity index (χ0) is 20.8. The number of hydrogen-bond acceptors (Lipinski definition) is 7. The number of rotatable bonds is 6. The van der Waals surface area contributed by atoms with Crippen molar-refractivity contribution in [3.05, 3.63) is 59.5 Å². The number of thiazole rings is 1. The standard InChI is InChI=1S/C21H19N3O4S/c1-14(25)24(22-12-16-6-4-8-18(10-16)27-3)21-23-20(13-29-21)17-7-5-9-19(11-17)28-15(2)26/h4-13H,1-3H3/b22-12-. The average molecular weight is 409 g/mol. The van der Waals surface area contributed by atoms with E-state index in [1.165, 1.54) is 30.2 Å². The lowest BCUT2D eigenvalue weighted by Gasteiger charge is -2.10. The third-order valence-electron chi connectivity index (χ3n) is 3.78. The zero-order valence-electron chi connectivity index (χ0n) is 16.2. The molecule has 0 aliphatic heterocycles. The van der Waals surface area contributed by atoms with Gasteiger partial charge in [-0.15, -0.1) is 11.3 Å². The molecule has 3 aromatic rings. The van der Waals surface area contributed by atoms with Crippen LogP contribution in [0.15, 0.2) is 59.0 Å². The maximum atomic E-state index is 12.1. The molecule has 0 fully saturated rings. The van der Waals surface area contributed by atoms with Gasteiger partial charge in [0.25, 0.3) is 0 Å². The Morgan fingerprint density at radius 3 is 2.59 bits per heavy atom. The minimum atomic E-state index is -0.393. The van der Waals surface area contributed by atoms with E-state index in [0.717, 1.165) is 11.1 Å². The molecular weight excluding hydrogens is 390 g/mol. The lowest BCUT2D eigenvalue weighted by Crippen LogP contribution is -2.22. The number of aromatic nitrogens is 1. The third-order valence-corrected chi connectivity index (χ3v) is 4.60. The molecule has 0 aliphatic carbocycles. The number of carbonyl (C=O) groups is 2. The first-order valence-corrected chi connectivity index (χ1v) is 9.57. The molecule has 0 saturated heterocycles. The predicted molar refractivity (Wildman–Crippen MR) is 113 cm³/mol. The molecule has 0 bridgehead atoms. The number of anilines is 1. The number of nitrogens with zero attached hydrogens (tertiary/aromatic N) is 3. The van der Waals surface area contributed by atoms with Crippen LogP contribution in [0.25, 0.3) is 11.3 Å². The number of amides is 1. The molecule has 7 nitrogen and oxygen atoms in total. The number of methoxy groups -OCH3 is 1. The number of hydrogen-bond donors (Lipinski definition) is 0. The summed E-state index contributed by atoms with van der Waals surface area (Å²) in [4.78, 5) is 27.8. The van der Waals surface area contributed by atoms with E-state index in [4.69, 9.17) is 9.47 Å². The normalized spacial score (nSPS) is 10.7. The molecule has 0 aliphatic rings. The van der Waals surface area contributed by atoms with Crippen molar-refractivity contribution in [3.63, 3.8) is 0 Å². The van der Waals surface area contributed by atoms with E-state index in [2.05, 4.69) is 10.1 Å². The zero-order valence-corrected chi connectivity index (χ0v) is 17.0. The summed E-state index contributed by atoms with van der Waals surface area (Å²) < 4.78 is 10.3. The molecule has 1 aromatic heterocycles. The second-order valence-corrected chi connectivity index (χ2v) is 6.83. The highest BCUT2D eigenvalue weighted by atomic mass is 32.1. The van der Waals surface area contributed by atoms with Crippen molar-refractivity contribution in [3.8, 4) is 22.8 Å². The van der Waals surface area contributed by atoms with Crippen LogP contribution in [0.1, 0.15) is 19.4 Å². The van der Waals surface area contributed by atoms with Crippen molar-refractivity contribution in [2.45, 2.75) is 13.8 Å². The van der Waals surface area contributed by atoms with Crippen LogP contribution < -0.4 is 14.5 Å². The first kappa shape index (κ1) is 20.2. The molecule has 29 heavy (non-hydrogen) atoms. The summed E-state index contributed by atoms with van der Waals surface area (Å²) >= 11 is 1.29. The minimum absolute atomic E-state index is 0.265. The summed E-state index contributed by atoms with van der Waals surface area (Å²) in [5.41, 5.74) is 2.22. The van der Waals surface area contributed by atoms with E-state index >= 15 is 0 Å².